The molecule has 0 saturated heterocycles. The third-order valence-corrected chi connectivity index (χ3v) is 1.13. The van der Waals surface area contributed by atoms with Gasteiger partial charge in [-0.25, -0.2) is 4.79 Å². The Bertz CT molecular complexity index is 260. The second-order valence-corrected chi connectivity index (χ2v) is 1.82. The van der Waals surface area contributed by atoms with Crippen LogP contribution in [-0.2, 0) is 17.4 Å². The predicted octanol–water partition coefficient (Wildman–Crippen LogP) is 1.09. The van der Waals surface area contributed by atoms with Crippen LogP contribution in [0.3, 0.4) is 0 Å². The standard InChI is InChI=1S/C7H6O3.Cr/c8-6-4-2-1-3-5(6)7(9)10;/h1-4,8H,(H,9,10);/q;+2. The van der Waals surface area contributed by atoms with E-state index in [1.807, 2.05) is 0 Å². The summed E-state index contributed by atoms with van der Waals surface area (Å²) in [4.78, 5) is 10.3. The summed E-state index contributed by atoms with van der Waals surface area (Å²) in [6.07, 6.45) is 0. The number of para-hydroxylation sites is 1. The van der Waals surface area contributed by atoms with E-state index in [4.69, 9.17) is 10.2 Å². The van der Waals surface area contributed by atoms with Crippen molar-refractivity contribution >= 4 is 5.97 Å². The maximum Gasteiger partial charge on any atom is 2.00 e. The average Bonchev–Trinajstić information content (AvgIpc) is 1.88. The van der Waals surface area contributed by atoms with E-state index >= 15 is 0 Å². The third-order valence-electron chi connectivity index (χ3n) is 1.13. The first-order valence-corrected chi connectivity index (χ1v) is 2.73. The molecule has 0 aliphatic carbocycles. The van der Waals surface area contributed by atoms with Crippen LogP contribution in [0.2, 0.25) is 0 Å². The molecule has 0 unspecified atom stereocenters. The van der Waals surface area contributed by atoms with Crippen molar-refractivity contribution < 1.29 is 32.4 Å². The first-order chi connectivity index (χ1) is 4.72. The van der Waals surface area contributed by atoms with Crippen molar-refractivity contribution in [2.75, 3.05) is 0 Å². The Labute approximate surface area is 74.4 Å². The number of benzene rings is 1. The fourth-order valence-electron chi connectivity index (χ4n) is 0.654. The molecular weight excluding hydrogens is 184 g/mol. The molecule has 0 spiro atoms. The minimum atomic E-state index is -1.11. The van der Waals surface area contributed by atoms with E-state index in [9.17, 15) is 4.79 Å². The fourth-order valence-corrected chi connectivity index (χ4v) is 0.654. The fraction of sp³-hybridized carbons (Fsp3) is 0. The molecule has 4 heteroatoms. The monoisotopic (exact) mass is 190 g/mol. The molecule has 0 saturated carbocycles. The van der Waals surface area contributed by atoms with Crippen LogP contribution in [0.5, 0.6) is 5.75 Å². The molecule has 56 valence electrons. The van der Waals surface area contributed by atoms with E-state index in [0.29, 0.717) is 0 Å². The maximum absolute atomic E-state index is 10.3. The molecule has 0 radical (unpaired) electrons. The number of rotatable bonds is 1. The van der Waals surface area contributed by atoms with Crippen LogP contribution in [0.25, 0.3) is 0 Å². The van der Waals surface area contributed by atoms with Crippen molar-refractivity contribution in [1.82, 2.24) is 0 Å². The Kier molecular flexibility index (Phi) is 3.66. The second kappa shape index (κ2) is 4.02. The van der Waals surface area contributed by atoms with E-state index in [0.717, 1.165) is 0 Å². The summed E-state index contributed by atoms with van der Waals surface area (Å²) in [7, 11) is 0. The van der Waals surface area contributed by atoms with Crippen molar-refractivity contribution in [2.45, 2.75) is 0 Å². The van der Waals surface area contributed by atoms with Crippen molar-refractivity contribution in [2.24, 2.45) is 0 Å². The zero-order valence-corrected chi connectivity index (χ0v) is 6.80. The van der Waals surface area contributed by atoms with Crippen LogP contribution in [-0.4, -0.2) is 16.2 Å². The Morgan fingerprint density at radius 2 is 1.82 bits per heavy atom. The normalized spacial score (nSPS) is 8.36. The van der Waals surface area contributed by atoms with E-state index in [1.165, 1.54) is 12.1 Å². The molecule has 1 aromatic carbocycles. The van der Waals surface area contributed by atoms with Crippen molar-refractivity contribution in [3.63, 3.8) is 0 Å². The van der Waals surface area contributed by atoms with Gasteiger partial charge in [-0.1, -0.05) is 12.1 Å². The molecule has 0 atom stereocenters. The molecule has 0 aliphatic rings. The molecule has 0 amide bonds. The van der Waals surface area contributed by atoms with Crippen molar-refractivity contribution in [3.8, 4) is 5.75 Å². The van der Waals surface area contributed by atoms with Crippen LogP contribution >= 0.6 is 0 Å². The SMILES string of the molecule is O=C(O)c1ccccc1O.[Cr+2]. The van der Waals surface area contributed by atoms with Gasteiger partial charge in [0.25, 0.3) is 0 Å². The van der Waals surface area contributed by atoms with Gasteiger partial charge >= 0.3 is 23.3 Å². The first-order valence-electron chi connectivity index (χ1n) is 2.73. The summed E-state index contributed by atoms with van der Waals surface area (Å²) >= 11 is 0. The Morgan fingerprint density at radius 1 is 1.27 bits per heavy atom. The summed E-state index contributed by atoms with van der Waals surface area (Å²) in [6.45, 7) is 0. The number of hydrogen-bond acceptors (Lipinski definition) is 2. The van der Waals surface area contributed by atoms with Gasteiger partial charge in [0.05, 0.1) is 0 Å². The number of carboxylic acids is 1. The van der Waals surface area contributed by atoms with Crippen LogP contribution in [0.15, 0.2) is 24.3 Å². The van der Waals surface area contributed by atoms with Crippen molar-refractivity contribution in [1.29, 1.82) is 0 Å². The molecule has 0 fully saturated rings. The van der Waals surface area contributed by atoms with Gasteiger partial charge in [-0.05, 0) is 12.1 Å². The molecule has 3 nitrogen and oxygen atoms in total. The molecule has 0 heterocycles. The summed E-state index contributed by atoms with van der Waals surface area (Å²) in [5, 5.41) is 17.3. The van der Waals surface area contributed by atoms with Gasteiger partial charge in [0, 0.05) is 0 Å². The Balaban J connectivity index is 0.000001000. The molecule has 11 heavy (non-hydrogen) atoms. The zero-order chi connectivity index (χ0) is 7.56. The number of aromatic hydroxyl groups is 1. The largest absolute Gasteiger partial charge is 2.00 e. The van der Waals surface area contributed by atoms with Gasteiger partial charge in [-0.15, -0.1) is 0 Å². The number of aromatic carboxylic acids is 1. The number of carbonyl (C=O) groups is 1. The van der Waals surface area contributed by atoms with E-state index in [2.05, 4.69) is 0 Å². The van der Waals surface area contributed by atoms with Gasteiger partial charge in [-0.3, -0.25) is 0 Å². The molecule has 0 aliphatic heterocycles. The van der Waals surface area contributed by atoms with Crippen LogP contribution in [0.1, 0.15) is 10.4 Å². The summed E-state index contributed by atoms with van der Waals surface area (Å²) < 4.78 is 0. The summed E-state index contributed by atoms with van der Waals surface area (Å²) in [5.41, 5.74) is -0.0671. The minimum absolute atomic E-state index is 0. The summed E-state index contributed by atoms with van der Waals surface area (Å²) in [5.74, 6) is -1.31. The van der Waals surface area contributed by atoms with Gasteiger partial charge < -0.3 is 10.2 Å². The van der Waals surface area contributed by atoms with E-state index < -0.39 is 5.97 Å². The average molecular weight is 190 g/mol. The van der Waals surface area contributed by atoms with Gasteiger partial charge in [0.15, 0.2) is 0 Å². The predicted molar refractivity (Wildman–Crippen MR) is 35.1 cm³/mol. The molecule has 0 aromatic heterocycles. The smallest absolute Gasteiger partial charge is 0.507 e. The minimum Gasteiger partial charge on any atom is -0.507 e. The van der Waals surface area contributed by atoms with Crippen molar-refractivity contribution in [3.05, 3.63) is 29.8 Å². The Morgan fingerprint density at radius 3 is 2.18 bits per heavy atom. The zero-order valence-electron chi connectivity index (χ0n) is 5.52. The summed E-state index contributed by atoms with van der Waals surface area (Å²) in [6, 6.07) is 5.81. The topological polar surface area (TPSA) is 57.5 Å². The third kappa shape index (κ3) is 2.26. The van der Waals surface area contributed by atoms with Gasteiger partial charge in [0.1, 0.15) is 11.3 Å². The second-order valence-electron chi connectivity index (χ2n) is 1.82. The quantitative estimate of drug-likeness (QED) is 0.696. The molecular formula is C7H6CrO3+2. The van der Waals surface area contributed by atoms with E-state index in [-0.39, 0.29) is 28.7 Å². The molecule has 2 N–H and O–H groups in total. The van der Waals surface area contributed by atoms with Gasteiger partial charge in [-0.2, -0.15) is 0 Å². The molecule has 1 rings (SSSR count). The molecule has 0 bridgehead atoms. The Hall–Kier alpha value is -0.978. The first kappa shape index (κ1) is 10.0. The van der Waals surface area contributed by atoms with Crippen LogP contribution in [0.4, 0.5) is 0 Å². The molecule has 1 aromatic rings. The number of hydrogen-bond donors (Lipinski definition) is 2. The van der Waals surface area contributed by atoms with E-state index in [1.54, 1.807) is 12.1 Å². The van der Waals surface area contributed by atoms with Crippen LogP contribution < -0.4 is 0 Å². The number of phenols is 1. The maximum atomic E-state index is 10.3. The number of carboxylic acid groups (broad SMARTS) is 1. The van der Waals surface area contributed by atoms with Gasteiger partial charge in [0.2, 0.25) is 0 Å². The van der Waals surface area contributed by atoms with Crippen LogP contribution in [0, 0.1) is 0 Å².